The minimum absolute atomic E-state index is 0.0109. The zero-order valence-electron chi connectivity index (χ0n) is 9.27. The van der Waals surface area contributed by atoms with Crippen molar-refractivity contribution in [3.63, 3.8) is 0 Å². The second-order valence-electron chi connectivity index (χ2n) is 4.33. The summed E-state index contributed by atoms with van der Waals surface area (Å²) in [4.78, 5) is 23.1. The van der Waals surface area contributed by atoms with Gasteiger partial charge in [0.15, 0.2) is 5.78 Å². The molecule has 2 rings (SSSR count). The van der Waals surface area contributed by atoms with Crippen LogP contribution in [0.25, 0.3) is 0 Å². The van der Waals surface area contributed by atoms with Gasteiger partial charge in [0.25, 0.3) is 0 Å². The minimum atomic E-state index is -0.0396. The number of carbonyl (C=O) groups excluding carboxylic acids is 2. The van der Waals surface area contributed by atoms with Crippen molar-refractivity contribution in [2.75, 3.05) is 6.54 Å². The van der Waals surface area contributed by atoms with Crippen molar-refractivity contribution in [2.45, 2.75) is 13.3 Å². The Hall–Kier alpha value is -1.64. The van der Waals surface area contributed by atoms with Gasteiger partial charge < -0.3 is 5.32 Å². The third kappa shape index (κ3) is 2.48. The average Bonchev–Trinajstić information content (AvgIpc) is 3.04. The van der Waals surface area contributed by atoms with E-state index >= 15 is 0 Å². The fraction of sp³-hybridized carbons (Fsp3) is 0.385. The van der Waals surface area contributed by atoms with Gasteiger partial charge >= 0.3 is 0 Å². The minimum Gasteiger partial charge on any atom is -0.348 e. The van der Waals surface area contributed by atoms with E-state index in [0.29, 0.717) is 11.5 Å². The smallest absolute Gasteiger partial charge is 0.223 e. The largest absolute Gasteiger partial charge is 0.348 e. The molecule has 0 heterocycles. The van der Waals surface area contributed by atoms with Gasteiger partial charge in [-0.15, -0.1) is 0 Å². The number of ketones is 1. The predicted molar refractivity (Wildman–Crippen MR) is 61.1 cm³/mol. The monoisotopic (exact) mass is 217 g/mol. The number of Topliss-reactive ketones (excluding diaryl/α,β-unsaturated/α-hetero) is 1. The molecule has 0 bridgehead atoms. The number of hydrogen-bond acceptors (Lipinski definition) is 2. The summed E-state index contributed by atoms with van der Waals surface area (Å²) in [5, 5.41) is 2.68. The maximum Gasteiger partial charge on any atom is 0.223 e. The summed E-state index contributed by atoms with van der Waals surface area (Å²) >= 11 is 0. The van der Waals surface area contributed by atoms with Crippen molar-refractivity contribution in [2.24, 2.45) is 11.8 Å². The van der Waals surface area contributed by atoms with Crippen molar-refractivity contribution in [3.05, 3.63) is 35.9 Å². The molecule has 2 atom stereocenters. The Morgan fingerprint density at radius 2 is 1.94 bits per heavy atom. The predicted octanol–water partition coefficient (Wildman–Crippen LogP) is 1.64. The molecule has 1 aromatic rings. The molecule has 0 spiro atoms. The van der Waals surface area contributed by atoms with Crippen LogP contribution < -0.4 is 5.32 Å². The van der Waals surface area contributed by atoms with Gasteiger partial charge in [0, 0.05) is 11.5 Å². The Balaban J connectivity index is 1.82. The van der Waals surface area contributed by atoms with Gasteiger partial charge in [-0.25, -0.2) is 0 Å². The second-order valence-corrected chi connectivity index (χ2v) is 4.33. The molecule has 1 amide bonds. The highest BCUT2D eigenvalue weighted by atomic mass is 16.2. The SMILES string of the molecule is CC1CC1C(=O)NCC(=O)c1ccccc1. The number of nitrogens with one attached hydrogen (secondary N) is 1. The fourth-order valence-corrected chi connectivity index (χ4v) is 1.71. The highest BCUT2D eigenvalue weighted by Crippen LogP contribution is 2.37. The Labute approximate surface area is 94.9 Å². The molecule has 1 fully saturated rings. The van der Waals surface area contributed by atoms with Crippen LogP contribution in [0.1, 0.15) is 23.7 Å². The van der Waals surface area contributed by atoms with Gasteiger partial charge in [0.05, 0.1) is 6.54 Å². The molecule has 0 aromatic heterocycles. The highest BCUT2D eigenvalue weighted by Gasteiger charge is 2.38. The van der Waals surface area contributed by atoms with Gasteiger partial charge in [-0.3, -0.25) is 9.59 Å². The normalized spacial score (nSPS) is 22.6. The molecule has 1 aliphatic carbocycles. The molecular formula is C13H15NO2. The molecule has 0 radical (unpaired) electrons. The number of benzene rings is 1. The first kappa shape index (κ1) is 10.9. The lowest BCUT2D eigenvalue weighted by Gasteiger charge is -2.03. The summed E-state index contributed by atoms with van der Waals surface area (Å²) < 4.78 is 0. The molecule has 3 nitrogen and oxygen atoms in total. The number of hydrogen-bond donors (Lipinski definition) is 1. The maximum atomic E-state index is 11.7. The molecule has 84 valence electrons. The van der Waals surface area contributed by atoms with Crippen LogP contribution in [0, 0.1) is 11.8 Å². The molecule has 0 saturated heterocycles. The summed E-state index contributed by atoms with van der Waals surface area (Å²) in [5.41, 5.74) is 0.645. The third-order valence-corrected chi connectivity index (χ3v) is 2.97. The molecule has 1 aliphatic rings. The zero-order chi connectivity index (χ0) is 11.5. The molecular weight excluding hydrogens is 202 g/mol. The standard InChI is InChI=1S/C13H15NO2/c1-9-7-11(9)13(16)14-8-12(15)10-5-3-2-4-6-10/h2-6,9,11H,7-8H2,1H3,(H,14,16). The van der Waals surface area contributed by atoms with E-state index < -0.39 is 0 Å². The molecule has 1 N–H and O–H groups in total. The van der Waals surface area contributed by atoms with Crippen LogP contribution in [0.15, 0.2) is 30.3 Å². The van der Waals surface area contributed by atoms with Crippen LogP contribution in [0.2, 0.25) is 0 Å². The molecule has 0 aliphatic heterocycles. The molecule has 3 heteroatoms. The lowest BCUT2D eigenvalue weighted by molar-refractivity contribution is -0.122. The average molecular weight is 217 g/mol. The van der Waals surface area contributed by atoms with Crippen LogP contribution >= 0.6 is 0 Å². The van der Waals surface area contributed by atoms with Crippen molar-refractivity contribution in [3.8, 4) is 0 Å². The van der Waals surface area contributed by atoms with Crippen molar-refractivity contribution in [1.82, 2.24) is 5.32 Å². The summed E-state index contributed by atoms with van der Waals surface area (Å²) in [6, 6.07) is 9.01. The van der Waals surface area contributed by atoms with E-state index in [9.17, 15) is 9.59 Å². The molecule has 1 aromatic carbocycles. The van der Waals surface area contributed by atoms with Gasteiger partial charge in [0.1, 0.15) is 0 Å². The fourth-order valence-electron chi connectivity index (χ4n) is 1.71. The zero-order valence-corrected chi connectivity index (χ0v) is 9.27. The van der Waals surface area contributed by atoms with E-state index in [1.165, 1.54) is 0 Å². The quantitative estimate of drug-likeness (QED) is 0.779. The van der Waals surface area contributed by atoms with Crippen molar-refractivity contribution >= 4 is 11.7 Å². The summed E-state index contributed by atoms with van der Waals surface area (Å²) in [7, 11) is 0. The van der Waals surface area contributed by atoms with Gasteiger partial charge in [-0.05, 0) is 12.3 Å². The number of rotatable bonds is 4. The Morgan fingerprint density at radius 3 is 2.50 bits per heavy atom. The van der Waals surface area contributed by atoms with E-state index in [0.717, 1.165) is 6.42 Å². The maximum absolute atomic E-state index is 11.7. The summed E-state index contributed by atoms with van der Waals surface area (Å²) in [6.07, 6.45) is 0.950. The van der Waals surface area contributed by atoms with E-state index in [-0.39, 0.29) is 24.2 Å². The van der Waals surface area contributed by atoms with E-state index in [1.54, 1.807) is 12.1 Å². The molecule has 1 saturated carbocycles. The molecule has 2 unspecified atom stereocenters. The van der Waals surface area contributed by atoms with Crippen molar-refractivity contribution < 1.29 is 9.59 Å². The van der Waals surface area contributed by atoms with Crippen LogP contribution in [0.5, 0.6) is 0 Å². The van der Waals surface area contributed by atoms with Crippen LogP contribution in [0.4, 0.5) is 0 Å². The number of carbonyl (C=O) groups is 2. The first-order chi connectivity index (χ1) is 7.68. The topological polar surface area (TPSA) is 46.2 Å². The Bertz CT molecular complexity index is 400. The van der Waals surface area contributed by atoms with Crippen molar-refractivity contribution in [1.29, 1.82) is 0 Å². The second kappa shape index (κ2) is 4.47. The van der Waals surface area contributed by atoms with Gasteiger partial charge in [-0.1, -0.05) is 37.3 Å². The van der Waals surface area contributed by atoms with E-state index in [1.807, 2.05) is 25.1 Å². The lowest BCUT2D eigenvalue weighted by Crippen LogP contribution is -2.31. The summed E-state index contributed by atoms with van der Waals surface area (Å²) in [6.45, 7) is 2.15. The highest BCUT2D eigenvalue weighted by molar-refractivity contribution is 5.99. The first-order valence-corrected chi connectivity index (χ1v) is 5.54. The Morgan fingerprint density at radius 1 is 1.31 bits per heavy atom. The Kier molecular flexibility index (Phi) is 3.04. The first-order valence-electron chi connectivity index (χ1n) is 5.54. The van der Waals surface area contributed by atoms with Crippen LogP contribution in [-0.2, 0) is 4.79 Å². The lowest BCUT2D eigenvalue weighted by atomic mass is 10.1. The van der Waals surface area contributed by atoms with Gasteiger partial charge in [0.2, 0.25) is 5.91 Å². The van der Waals surface area contributed by atoms with E-state index in [4.69, 9.17) is 0 Å². The van der Waals surface area contributed by atoms with Crippen LogP contribution in [-0.4, -0.2) is 18.2 Å². The van der Waals surface area contributed by atoms with Gasteiger partial charge in [-0.2, -0.15) is 0 Å². The molecule has 16 heavy (non-hydrogen) atoms. The third-order valence-electron chi connectivity index (χ3n) is 2.97. The number of amides is 1. The summed E-state index contributed by atoms with van der Waals surface area (Å²) in [5.74, 6) is 0.578. The van der Waals surface area contributed by atoms with Crippen LogP contribution in [0.3, 0.4) is 0 Å². The van der Waals surface area contributed by atoms with E-state index in [2.05, 4.69) is 5.32 Å².